The summed E-state index contributed by atoms with van der Waals surface area (Å²) in [5.41, 5.74) is 28.3. The van der Waals surface area contributed by atoms with E-state index in [4.69, 9.17) is 9.97 Å². The van der Waals surface area contributed by atoms with E-state index >= 15 is 0 Å². The first kappa shape index (κ1) is 40.6. The van der Waals surface area contributed by atoms with E-state index in [1.807, 2.05) is 12.4 Å². The fourth-order valence-electron chi connectivity index (χ4n) is 14.9. The largest absolute Gasteiger partial charge is 0.309 e. The first-order chi connectivity index (χ1) is 37.7. The third kappa shape index (κ3) is 4.82. The molecule has 0 radical (unpaired) electrons. The van der Waals surface area contributed by atoms with E-state index < -0.39 is 10.8 Å². The van der Waals surface area contributed by atoms with Gasteiger partial charge in [-0.05, 0) is 151 Å². The fraction of sp³-hybridized carbons (Fsp3) is 0.0278. The van der Waals surface area contributed by atoms with Crippen molar-refractivity contribution in [3.05, 3.63) is 300 Å². The number of nitrogens with zero attached hydrogens (tertiary/aromatic N) is 4. The van der Waals surface area contributed by atoms with Crippen molar-refractivity contribution < 1.29 is 0 Å². The van der Waals surface area contributed by atoms with Crippen LogP contribution >= 0.6 is 0 Å². The van der Waals surface area contributed by atoms with Gasteiger partial charge in [-0.3, -0.25) is 9.97 Å². The van der Waals surface area contributed by atoms with Crippen molar-refractivity contribution in [3.63, 3.8) is 0 Å². The van der Waals surface area contributed by atoms with Crippen LogP contribution in [-0.4, -0.2) is 19.1 Å². The molecule has 4 nitrogen and oxygen atoms in total. The first-order valence-electron chi connectivity index (χ1n) is 26.4. The normalized spacial score (nSPS) is 14.3. The highest BCUT2D eigenvalue weighted by Crippen LogP contribution is 2.64. The Kier molecular flexibility index (Phi) is 7.71. The molecule has 0 saturated heterocycles. The Bertz CT molecular complexity index is 4480. The molecule has 0 fully saturated rings. The molecular formula is C72H42N4. The number of rotatable bonds is 3. The van der Waals surface area contributed by atoms with E-state index in [1.165, 1.54) is 133 Å². The Labute approximate surface area is 438 Å². The summed E-state index contributed by atoms with van der Waals surface area (Å²) in [7, 11) is 0. The molecule has 0 amide bonds. The molecular weight excluding hydrogens is 921 g/mol. The van der Waals surface area contributed by atoms with Crippen molar-refractivity contribution in [3.8, 4) is 67.0 Å². The van der Waals surface area contributed by atoms with E-state index in [0.29, 0.717) is 0 Å². The van der Waals surface area contributed by atoms with E-state index in [1.54, 1.807) is 0 Å². The average Bonchev–Trinajstić information content (AvgIpc) is 4.21. The molecule has 4 aliphatic carbocycles. The Morgan fingerprint density at radius 3 is 0.987 bits per heavy atom. The topological polar surface area (TPSA) is 35.6 Å². The maximum Gasteiger partial charge on any atom is 0.0898 e. The molecule has 2 spiro atoms. The van der Waals surface area contributed by atoms with Gasteiger partial charge in [0.25, 0.3) is 0 Å². The Morgan fingerprint density at radius 2 is 0.592 bits per heavy atom. The van der Waals surface area contributed by atoms with Gasteiger partial charge in [0.1, 0.15) is 0 Å². The molecule has 14 aromatic rings. The molecule has 0 saturated carbocycles. The van der Waals surface area contributed by atoms with Crippen molar-refractivity contribution in [1.29, 1.82) is 0 Å². The zero-order valence-corrected chi connectivity index (χ0v) is 41.0. The smallest absolute Gasteiger partial charge is 0.0898 e. The number of hydrogen-bond donors (Lipinski definition) is 0. The van der Waals surface area contributed by atoms with Crippen LogP contribution in [0.2, 0.25) is 0 Å². The number of fused-ring (bicyclic) bond motifs is 26. The van der Waals surface area contributed by atoms with Crippen LogP contribution in [0.1, 0.15) is 44.8 Å². The lowest BCUT2D eigenvalue weighted by Crippen LogP contribution is -2.27. The van der Waals surface area contributed by atoms with Crippen LogP contribution in [-0.2, 0) is 10.8 Å². The highest BCUT2D eigenvalue weighted by Gasteiger charge is 2.54. The molecule has 4 heterocycles. The standard InChI is InChI=1S/C72H42N4/c1-7-23-59-47(15-1)48-16-2-8-24-60(48)71(59)63-41-67-57(39-55(63)53-21-13-37-73-69(53)71)51-19-5-11-27-65(51)75(67)45-33-29-43(30-34-45)44-31-35-46(36-32-44)76-66-28-12-6-20-52(66)58-40-56-54-22-14-38-74-70(54)72(64(56)42-68(58)76)61-25-9-3-17-49(61)50-18-4-10-26-62(50)72/h1-42H. The molecule has 0 N–H and O–H groups in total. The second-order valence-corrected chi connectivity index (χ2v) is 21.1. The molecule has 0 aliphatic heterocycles. The van der Waals surface area contributed by atoms with Crippen LogP contribution in [0, 0.1) is 0 Å². The summed E-state index contributed by atoms with van der Waals surface area (Å²) >= 11 is 0. The maximum absolute atomic E-state index is 5.25. The maximum atomic E-state index is 5.25. The molecule has 4 aliphatic rings. The highest BCUT2D eigenvalue weighted by molar-refractivity contribution is 6.14. The monoisotopic (exact) mass is 962 g/mol. The van der Waals surface area contributed by atoms with Crippen LogP contribution < -0.4 is 0 Å². The summed E-state index contributed by atoms with van der Waals surface area (Å²) in [6.07, 6.45) is 3.94. The molecule has 18 rings (SSSR count). The Balaban J connectivity index is 0.772. The zero-order chi connectivity index (χ0) is 49.4. The van der Waals surface area contributed by atoms with Crippen LogP contribution in [0.3, 0.4) is 0 Å². The van der Waals surface area contributed by atoms with E-state index in [0.717, 1.165) is 22.8 Å². The molecule has 4 aromatic heterocycles. The average molecular weight is 963 g/mol. The lowest BCUT2D eigenvalue weighted by Gasteiger charge is -2.29. The van der Waals surface area contributed by atoms with Gasteiger partial charge < -0.3 is 9.13 Å². The van der Waals surface area contributed by atoms with Crippen molar-refractivity contribution in [1.82, 2.24) is 19.1 Å². The lowest BCUT2D eigenvalue weighted by molar-refractivity contribution is 0.761. The van der Waals surface area contributed by atoms with Crippen molar-refractivity contribution >= 4 is 43.6 Å². The predicted octanol–water partition coefficient (Wildman–Crippen LogP) is 17.0. The van der Waals surface area contributed by atoms with Gasteiger partial charge in [-0.15, -0.1) is 0 Å². The first-order valence-corrected chi connectivity index (χ1v) is 26.4. The molecule has 0 bridgehead atoms. The van der Waals surface area contributed by atoms with Crippen LogP contribution in [0.4, 0.5) is 0 Å². The predicted molar refractivity (Wildman–Crippen MR) is 309 cm³/mol. The fourth-order valence-corrected chi connectivity index (χ4v) is 14.9. The lowest BCUT2D eigenvalue weighted by atomic mass is 9.72. The minimum absolute atomic E-state index is 0.524. The van der Waals surface area contributed by atoms with Gasteiger partial charge in [-0.1, -0.05) is 170 Å². The van der Waals surface area contributed by atoms with E-state index in [-0.39, 0.29) is 0 Å². The van der Waals surface area contributed by atoms with E-state index in [2.05, 4.69) is 252 Å². The SMILES string of the molecule is c1ccc2c(c1)-c1ccccc1C21c2cc3c(cc2-c2cccnc21)c1ccccc1n3-c1ccc(-c2ccc(-n3c4ccccc4c4cc5c(cc43)C3(c4ccccc4-c4ccccc43)c3ncccc3-5)cc2)cc1. The third-order valence-corrected chi connectivity index (χ3v) is 17.8. The summed E-state index contributed by atoms with van der Waals surface area (Å²) < 4.78 is 4.93. The van der Waals surface area contributed by atoms with Gasteiger partial charge in [0.15, 0.2) is 0 Å². The Morgan fingerprint density at radius 1 is 0.250 bits per heavy atom. The highest BCUT2D eigenvalue weighted by atomic mass is 15.0. The molecule has 4 heteroatoms. The van der Waals surface area contributed by atoms with Crippen molar-refractivity contribution in [2.24, 2.45) is 0 Å². The summed E-state index contributed by atoms with van der Waals surface area (Å²) in [5, 5.41) is 4.96. The Hall–Kier alpha value is -9.90. The van der Waals surface area contributed by atoms with Gasteiger partial charge in [-0.2, -0.15) is 0 Å². The molecule has 350 valence electrons. The van der Waals surface area contributed by atoms with Gasteiger partial charge >= 0.3 is 0 Å². The number of benzene rings is 10. The van der Waals surface area contributed by atoms with Crippen molar-refractivity contribution in [2.75, 3.05) is 0 Å². The van der Waals surface area contributed by atoms with Crippen LogP contribution in [0.5, 0.6) is 0 Å². The second kappa shape index (κ2) is 14.4. The third-order valence-electron chi connectivity index (χ3n) is 17.8. The zero-order valence-electron chi connectivity index (χ0n) is 41.0. The summed E-state index contributed by atoms with van der Waals surface area (Å²) in [4.78, 5) is 10.5. The number of para-hydroxylation sites is 2. The van der Waals surface area contributed by atoms with E-state index in [9.17, 15) is 0 Å². The van der Waals surface area contributed by atoms with Gasteiger partial charge in [0.05, 0.1) is 44.3 Å². The molecule has 0 unspecified atom stereocenters. The minimum Gasteiger partial charge on any atom is -0.309 e. The van der Waals surface area contributed by atoms with Crippen molar-refractivity contribution in [2.45, 2.75) is 10.8 Å². The number of pyridine rings is 2. The molecule has 10 aromatic carbocycles. The quantitative estimate of drug-likeness (QED) is 0.177. The minimum atomic E-state index is -0.524. The van der Waals surface area contributed by atoms with Crippen LogP contribution in [0.15, 0.2) is 255 Å². The molecule has 0 atom stereocenters. The summed E-state index contributed by atoms with van der Waals surface area (Å²) in [5.74, 6) is 0. The number of hydrogen-bond acceptors (Lipinski definition) is 2. The molecule has 76 heavy (non-hydrogen) atoms. The van der Waals surface area contributed by atoms with Crippen LogP contribution in [0.25, 0.3) is 111 Å². The summed E-state index contributed by atoms with van der Waals surface area (Å²) in [6, 6.07) is 90.5. The van der Waals surface area contributed by atoms with Gasteiger partial charge in [0, 0.05) is 56.4 Å². The van der Waals surface area contributed by atoms with Gasteiger partial charge in [-0.25, -0.2) is 0 Å². The number of aromatic nitrogens is 4. The second-order valence-electron chi connectivity index (χ2n) is 21.1. The van der Waals surface area contributed by atoms with Gasteiger partial charge in [0.2, 0.25) is 0 Å². The summed E-state index contributed by atoms with van der Waals surface area (Å²) in [6.45, 7) is 0.